The highest BCUT2D eigenvalue weighted by atomic mass is 32.1. The molecular weight excluding hydrogens is 230 g/mol. The number of rotatable bonds is 2. The van der Waals surface area contributed by atoms with Crippen molar-refractivity contribution in [3.05, 3.63) is 33.0 Å². The van der Waals surface area contributed by atoms with Gasteiger partial charge in [-0.3, -0.25) is 14.3 Å². The number of hydrogen-bond acceptors (Lipinski definition) is 5. The number of aromatic amines is 1. The molecule has 1 N–H and O–H groups in total. The molecule has 0 radical (unpaired) electrons. The van der Waals surface area contributed by atoms with Crippen molar-refractivity contribution in [2.45, 2.75) is 0 Å². The van der Waals surface area contributed by atoms with Gasteiger partial charge in [-0.15, -0.1) is 0 Å². The van der Waals surface area contributed by atoms with Gasteiger partial charge in [0, 0.05) is 18.5 Å². The zero-order valence-corrected chi connectivity index (χ0v) is 9.08. The first-order valence-electron chi connectivity index (χ1n) is 4.10. The largest absolute Gasteiger partial charge is 0.465 e. The van der Waals surface area contributed by atoms with Crippen LogP contribution in [0.2, 0.25) is 0 Å². The third kappa shape index (κ3) is 2.65. The van der Waals surface area contributed by atoms with Crippen LogP contribution in [0.1, 0.15) is 0 Å². The number of nitrogens with zero attached hydrogens (tertiary/aromatic N) is 2. The molecule has 0 aliphatic rings. The fraction of sp³-hybridized carbons (Fsp3) is 0.111. The van der Waals surface area contributed by atoms with Crippen molar-refractivity contribution in [2.24, 2.45) is 0 Å². The van der Waals surface area contributed by atoms with E-state index in [0.29, 0.717) is 0 Å². The van der Waals surface area contributed by atoms with E-state index in [1.807, 2.05) is 0 Å². The molecule has 0 aliphatic heterocycles. The Balaban J connectivity index is 3.26. The molecule has 7 heteroatoms. The summed E-state index contributed by atoms with van der Waals surface area (Å²) in [6.45, 7) is 0. The number of aromatic nitrogens is 2. The van der Waals surface area contributed by atoms with Crippen LogP contribution in [0.15, 0.2) is 22.6 Å². The fourth-order valence-corrected chi connectivity index (χ4v) is 1.12. The lowest BCUT2D eigenvalue weighted by Crippen LogP contribution is -2.10. The third-order valence-electron chi connectivity index (χ3n) is 1.65. The van der Waals surface area contributed by atoms with Gasteiger partial charge in [0.25, 0.3) is 5.56 Å². The summed E-state index contributed by atoms with van der Waals surface area (Å²) in [7, 11) is 1.17. The number of nitrogens with one attached hydrogen (secondary N) is 1. The van der Waals surface area contributed by atoms with Crippen LogP contribution in [0.3, 0.4) is 0 Å². The quantitative estimate of drug-likeness (QED) is 0.349. The molecule has 0 atom stereocenters. The van der Waals surface area contributed by atoms with E-state index in [1.54, 1.807) is 6.07 Å². The Morgan fingerprint density at radius 2 is 2.44 bits per heavy atom. The van der Waals surface area contributed by atoms with Gasteiger partial charge in [0.15, 0.2) is 10.3 Å². The molecule has 0 aliphatic carbocycles. The SMILES string of the molecule is COC(=O)/C(C#N)=C\n1ccc(=O)[nH]c1=S. The van der Waals surface area contributed by atoms with Gasteiger partial charge in [-0.2, -0.15) is 5.26 Å². The predicted molar refractivity (Wildman–Crippen MR) is 57.8 cm³/mol. The summed E-state index contributed by atoms with van der Waals surface area (Å²) in [4.78, 5) is 24.3. The number of carbonyl (C=O) groups excluding carboxylic acids is 1. The van der Waals surface area contributed by atoms with Crippen LogP contribution in [0.25, 0.3) is 6.20 Å². The molecule has 0 unspecified atom stereocenters. The van der Waals surface area contributed by atoms with E-state index < -0.39 is 5.97 Å². The second-order valence-corrected chi connectivity index (χ2v) is 3.05. The van der Waals surface area contributed by atoms with E-state index in [2.05, 4.69) is 9.72 Å². The van der Waals surface area contributed by atoms with E-state index in [-0.39, 0.29) is 15.9 Å². The molecule has 0 amide bonds. The van der Waals surface area contributed by atoms with E-state index in [9.17, 15) is 9.59 Å². The van der Waals surface area contributed by atoms with Gasteiger partial charge >= 0.3 is 5.97 Å². The second-order valence-electron chi connectivity index (χ2n) is 2.66. The van der Waals surface area contributed by atoms with Crippen molar-refractivity contribution in [1.82, 2.24) is 9.55 Å². The van der Waals surface area contributed by atoms with Gasteiger partial charge in [0.2, 0.25) is 0 Å². The Hall–Kier alpha value is -2.20. The zero-order valence-electron chi connectivity index (χ0n) is 8.26. The molecule has 16 heavy (non-hydrogen) atoms. The standard InChI is InChI=1S/C9H7N3O3S/c1-15-8(14)6(4-10)5-12-3-2-7(13)11-9(12)16/h2-3,5H,1H3,(H,11,13,16)/b6-5-. The first kappa shape index (κ1) is 11.9. The number of esters is 1. The summed E-state index contributed by atoms with van der Waals surface area (Å²) in [5.74, 6) is -0.768. The maximum Gasteiger partial charge on any atom is 0.350 e. The van der Waals surface area contributed by atoms with E-state index in [4.69, 9.17) is 17.5 Å². The maximum atomic E-state index is 11.1. The zero-order chi connectivity index (χ0) is 12.1. The van der Waals surface area contributed by atoms with Gasteiger partial charge in [0.05, 0.1) is 7.11 Å². The average Bonchev–Trinajstić information content (AvgIpc) is 2.27. The molecule has 0 bridgehead atoms. The Morgan fingerprint density at radius 3 is 2.94 bits per heavy atom. The Bertz CT molecular complexity index is 591. The number of hydrogen-bond donors (Lipinski definition) is 1. The predicted octanol–water partition coefficient (Wildman–Crippen LogP) is 0.443. The molecule has 0 aromatic carbocycles. The molecule has 1 heterocycles. The van der Waals surface area contributed by atoms with Crippen LogP contribution >= 0.6 is 12.2 Å². The first-order valence-corrected chi connectivity index (χ1v) is 4.51. The maximum absolute atomic E-state index is 11.1. The number of methoxy groups -OCH3 is 1. The molecule has 1 rings (SSSR count). The van der Waals surface area contributed by atoms with Crippen LogP contribution < -0.4 is 5.56 Å². The molecule has 1 aromatic heterocycles. The normalized spacial score (nSPS) is 10.6. The molecule has 6 nitrogen and oxygen atoms in total. The van der Waals surface area contributed by atoms with Crippen LogP contribution in [0.4, 0.5) is 0 Å². The molecule has 0 saturated heterocycles. The van der Waals surface area contributed by atoms with Crippen LogP contribution in [-0.2, 0) is 9.53 Å². The lowest BCUT2D eigenvalue weighted by molar-refractivity contribution is -0.135. The van der Waals surface area contributed by atoms with E-state index in [0.717, 1.165) is 0 Å². The molecule has 1 aromatic rings. The molecule has 0 fully saturated rings. The number of H-pyrrole nitrogens is 1. The monoisotopic (exact) mass is 237 g/mol. The lowest BCUT2D eigenvalue weighted by Gasteiger charge is -2.00. The van der Waals surface area contributed by atoms with Crippen molar-refractivity contribution in [1.29, 1.82) is 5.26 Å². The van der Waals surface area contributed by atoms with Crippen LogP contribution in [-0.4, -0.2) is 22.6 Å². The number of nitriles is 1. The fourth-order valence-electron chi connectivity index (χ4n) is 0.905. The summed E-state index contributed by atoms with van der Waals surface area (Å²) < 4.78 is 5.75. The van der Waals surface area contributed by atoms with E-state index >= 15 is 0 Å². The minimum atomic E-state index is -0.768. The highest BCUT2D eigenvalue weighted by Crippen LogP contribution is 1.99. The summed E-state index contributed by atoms with van der Waals surface area (Å²) in [5.41, 5.74) is -0.572. The van der Waals surface area contributed by atoms with Gasteiger partial charge in [0.1, 0.15) is 6.07 Å². The van der Waals surface area contributed by atoms with Crippen molar-refractivity contribution in [3.63, 3.8) is 0 Å². The molecule has 0 spiro atoms. The van der Waals surface area contributed by atoms with Gasteiger partial charge in [-0.05, 0) is 12.2 Å². The average molecular weight is 237 g/mol. The second kappa shape index (κ2) is 5.04. The van der Waals surface area contributed by atoms with Crippen molar-refractivity contribution < 1.29 is 9.53 Å². The lowest BCUT2D eigenvalue weighted by atomic mass is 10.3. The summed E-state index contributed by atoms with van der Waals surface area (Å²) in [6.07, 6.45) is 2.53. The highest BCUT2D eigenvalue weighted by Gasteiger charge is 2.08. The third-order valence-corrected chi connectivity index (χ3v) is 1.96. The number of carbonyl (C=O) groups is 1. The van der Waals surface area contributed by atoms with Gasteiger partial charge < -0.3 is 4.74 Å². The Labute approximate surface area is 95.4 Å². The smallest absolute Gasteiger partial charge is 0.350 e. The minimum absolute atomic E-state index is 0.0872. The van der Waals surface area contributed by atoms with Crippen molar-refractivity contribution in [3.8, 4) is 6.07 Å². The van der Waals surface area contributed by atoms with Crippen molar-refractivity contribution in [2.75, 3.05) is 7.11 Å². The van der Waals surface area contributed by atoms with Gasteiger partial charge in [-0.1, -0.05) is 0 Å². The van der Waals surface area contributed by atoms with Crippen LogP contribution in [0.5, 0.6) is 0 Å². The molecular formula is C9H7N3O3S. The van der Waals surface area contributed by atoms with Crippen molar-refractivity contribution >= 4 is 24.4 Å². The first-order chi connectivity index (χ1) is 7.58. The van der Waals surface area contributed by atoms with E-state index in [1.165, 1.54) is 30.1 Å². The number of ether oxygens (including phenoxy) is 1. The topological polar surface area (TPSA) is 87.9 Å². The Morgan fingerprint density at radius 1 is 1.75 bits per heavy atom. The Kier molecular flexibility index (Phi) is 3.74. The molecule has 82 valence electrons. The molecule has 0 saturated carbocycles. The highest BCUT2D eigenvalue weighted by molar-refractivity contribution is 7.71. The summed E-state index contributed by atoms with van der Waals surface area (Å²) >= 11 is 4.83. The summed E-state index contributed by atoms with van der Waals surface area (Å²) in [5, 5.41) is 8.70. The minimum Gasteiger partial charge on any atom is -0.465 e. The summed E-state index contributed by atoms with van der Waals surface area (Å²) in [6, 6.07) is 2.89. The van der Waals surface area contributed by atoms with Crippen LogP contribution in [0, 0.1) is 16.1 Å². The van der Waals surface area contributed by atoms with Gasteiger partial charge in [-0.25, -0.2) is 4.79 Å².